The molecule has 0 unspecified atom stereocenters. The quantitative estimate of drug-likeness (QED) is 0.789. The number of ether oxygens (including phenoxy) is 1. The third-order valence-electron chi connectivity index (χ3n) is 2.30. The van der Waals surface area contributed by atoms with Crippen LogP contribution in [0.4, 0.5) is 0 Å². The highest BCUT2D eigenvalue weighted by molar-refractivity contribution is 6.01. The minimum Gasteiger partial charge on any atom is -0.480 e. The topological polar surface area (TPSA) is 96.2 Å². The maximum atomic E-state index is 10.8. The fourth-order valence-electron chi connectivity index (χ4n) is 1.50. The van der Waals surface area contributed by atoms with Crippen LogP contribution in [0.1, 0.15) is 5.56 Å². The summed E-state index contributed by atoms with van der Waals surface area (Å²) in [5, 5.41) is 17.7. The SMILES string of the molecule is O=C(O)[C@H]1N=C(c2ccccc2)O[C@@H]1C(=O)O. The van der Waals surface area contributed by atoms with Gasteiger partial charge in [0, 0.05) is 5.56 Å². The number of carboxylic acids is 2. The number of aliphatic imine (C=N–C) groups is 1. The second-order valence-corrected chi connectivity index (χ2v) is 3.46. The average Bonchev–Trinajstić information content (AvgIpc) is 2.75. The first kappa shape index (κ1) is 11.1. The van der Waals surface area contributed by atoms with Gasteiger partial charge >= 0.3 is 11.9 Å². The van der Waals surface area contributed by atoms with Crippen LogP contribution in [0.5, 0.6) is 0 Å². The Hall–Kier alpha value is -2.37. The molecule has 6 heteroatoms. The number of rotatable bonds is 3. The van der Waals surface area contributed by atoms with E-state index in [2.05, 4.69) is 4.99 Å². The van der Waals surface area contributed by atoms with Crippen LogP contribution in [0.3, 0.4) is 0 Å². The predicted molar refractivity (Wildman–Crippen MR) is 56.9 cm³/mol. The Morgan fingerprint density at radius 1 is 1.12 bits per heavy atom. The van der Waals surface area contributed by atoms with Crippen molar-refractivity contribution >= 4 is 17.8 Å². The molecule has 0 saturated heterocycles. The van der Waals surface area contributed by atoms with Crippen molar-refractivity contribution in [3.8, 4) is 0 Å². The van der Waals surface area contributed by atoms with E-state index in [0.29, 0.717) is 5.56 Å². The summed E-state index contributed by atoms with van der Waals surface area (Å²) in [5.74, 6) is -2.61. The van der Waals surface area contributed by atoms with Gasteiger partial charge in [-0.1, -0.05) is 18.2 Å². The number of carbonyl (C=O) groups is 2. The molecule has 1 aliphatic heterocycles. The summed E-state index contributed by atoms with van der Waals surface area (Å²) < 4.78 is 5.05. The van der Waals surface area contributed by atoms with Gasteiger partial charge in [0.1, 0.15) is 0 Å². The van der Waals surface area contributed by atoms with Crippen LogP contribution >= 0.6 is 0 Å². The molecule has 1 aliphatic rings. The Morgan fingerprint density at radius 2 is 1.76 bits per heavy atom. The fraction of sp³-hybridized carbons (Fsp3) is 0.182. The van der Waals surface area contributed by atoms with Gasteiger partial charge in [-0.25, -0.2) is 14.6 Å². The van der Waals surface area contributed by atoms with Crippen molar-refractivity contribution < 1.29 is 24.5 Å². The normalized spacial score (nSPS) is 22.7. The predicted octanol–water partition coefficient (Wildman–Crippen LogP) is 0.370. The number of carboxylic acid groups (broad SMARTS) is 2. The zero-order valence-corrected chi connectivity index (χ0v) is 8.61. The van der Waals surface area contributed by atoms with Crippen molar-refractivity contribution in [2.75, 3.05) is 0 Å². The third kappa shape index (κ3) is 2.10. The molecule has 1 heterocycles. The van der Waals surface area contributed by atoms with Gasteiger partial charge in [0.15, 0.2) is 6.04 Å². The lowest BCUT2D eigenvalue weighted by atomic mass is 10.2. The van der Waals surface area contributed by atoms with E-state index >= 15 is 0 Å². The number of hydrogen-bond acceptors (Lipinski definition) is 4. The van der Waals surface area contributed by atoms with Crippen LogP contribution < -0.4 is 0 Å². The van der Waals surface area contributed by atoms with Crippen molar-refractivity contribution in [2.45, 2.75) is 12.1 Å². The highest BCUT2D eigenvalue weighted by Gasteiger charge is 2.41. The zero-order chi connectivity index (χ0) is 12.4. The molecule has 2 rings (SSSR count). The van der Waals surface area contributed by atoms with Gasteiger partial charge in [-0.2, -0.15) is 0 Å². The number of benzene rings is 1. The number of nitrogens with zero attached hydrogens (tertiary/aromatic N) is 1. The summed E-state index contributed by atoms with van der Waals surface area (Å²) in [5.41, 5.74) is 0.558. The van der Waals surface area contributed by atoms with E-state index < -0.39 is 24.1 Å². The lowest BCUT2D eigenvalue weighted by Crippen LogP contribution is -2.36. The molecule has 0 radical (unpaired) electrons. The van der Waals surface area contributed by atoms with Crippen molar-refractivity contribution in [3.63, 3.8) is 0 Å². The van der Waals surface area contributed by atoms with E-state index in [0.717, 1.165) is 0 Å². The Kier molecular flexibility index (Phi) is 2.78. The van der Waals surface area contributed by atoms with Gasteiger partial charge < -0.3 is 14.9 Å². The van der Waals surface area contributed by atoms with E-state index in [4.69, 9.17) is 14.9 Å². The fourth-order valence-corrected chi connectivity index (χ4v) is 1.50. The van der Waals surface area contributed by atoms with E-state index in [1.165, 1.54) is 0 Å². The molecule has 0 fully saturated rings. The first-order valence-corrected chi connectivity index (χ1v) is 4.85. The Labute approximate surface area is 96.2 Å². The van der Waals surface area contributed by atoms with Crippen molar-refractivity contribution in [2.24, 2.45) is 4.99 Å². The van der Waals surface area contributed by atoms with Crippen LogP contribution in [0, 0.1) is 0 Å². The molecule has 1 aromatic carbocycles. The largest absolute Gasteiger partial charge is 0.480 e. The first-order valence-electron chi connectivity index (χ1n) is 4.85. The maximum absolute atomic E-state index is 10.8. The van der Waals surface area contributed by atoms with E-state index in [-0.39, 0.29) is 5.90 Å². The monoisotopic (exact) mass is 235 g/mol. The molecular weight excluding hydrogens is 226 g/mol. The molecule has 0 amide bonds. The van der Waals surface area contributed by atoms with Crippen LogP contribution in [0.15, 0.2) is 35.3 Å². The molecular formula is C11H9NO5. The molecule has 0 aromatic heterocycles. The Bertz CT molecular complexity index is 482. The Morgan fingerprint density at radius 3 is 2.24 bits per heavy atom. The highest BCUT2D eigenvalue weighted by atomic mass is 16.5. The highest BCUT2D eigenvalue weighted by Crippen LogP contribution is 2.18. The summed E-state index contributed by atoms with van der Waals surface area (Å²) in [6.45, 7) is 0. The van der Waals surface area contributed by atoms with E-state index in [1.807, 2.05) is 0 Å². The van der Waals surface area contributed by atoms with E-state index in [9.17, 15) is 9.59 Å². The summed E-state index contributed by atoms with van der Waals surface area (Å²) in [6, 6.07) is 7.17. The van der Waals surface area contributed by atoms with Gasteiger partial charge in [0.2, 0.25) is 12.0 Å². The average molecular weight is 235 g/mol. The minimum atomic E-state index is -1.47. The first-order chi connectivity index (χ1) is 8.09. The molecule has 0 aliphatic carbocycles. The smallest absolute Gasteiger partial charge is 0.347 e. The zero-order valence-electron chi connectivity index (χ0n) is 8.61. The van der Waals surface area contributed by atoms with Crippen LogP contribution in [-0.4, -0.2) is 40.2 Å². The third-order valence-corrected chi connectivity index (χ3v) is 2.30. The van der Waals surface area contributed by atoms with E-state index in [1.54, 1.807) is 30.3 Å². The molecule has 88 valence electrons. The van der Waals surface area contributed by atoms with Gasteiger partial charge in [0.05, 0.1) is 0 Å². The van der Waals surface area contributed by atoms with Crippen molar-refractivity contribution in [1.82, 2.24) is 0 Å². The molecule has 0 bridgehead atoms. The summed E-state index contributed by atoms with van der Waals surface area (Å²) in [6.07, 6.45) is -1.47. The minimum absolute atomic E-state index is 0.0467. The summed E-state index contributed by atoms with van der Waals surface area (Å²) in [4.78, 5) is 25.4. The maximum Gasteiger partial charge on any atom is 0.347 e. The Balaban J connectivity index is 2.31. The molecule has 6 nitrogen and oxygen atoms in total. The summed E-state index contributed by atoms with van der Waals surface area (Å²) >= 11 is 0. The molecule has 0 saturated carbocycles. The van der Waals surface area contributed by atoms with Gasteiger partial charge in [0.25, 0.3) is 0 Å². The van der Waals surface area contributed by atoms with Gasteiger partial charge in [-0.05, 0) is 12.1 Å². The van der Waals surface area contributed by atoms with Crippen LogP contribution in [0.2, 0.25) is 0 Å². The molecule has 0 spiro atoms. The number of aliphatic carboxylic acids is 2. The van der Waals surface area contributed by atoms with Crippen LogP contribution in [0.25, 0.3) is 0 Å². The molecule has 2 atom stereocenters. The van der Waals surface area contributed by atoms with Gasteiger partial charge in [-0.3, -0.25) is 0 Å². The van der Waals surface area contributed by atoms with Crippen molar-refractivity contribution in [1.29, 1.82) is 0 Å². The van der Waals surface area contributed by atoms with Crippen LogP contribution in [-0.2, 0) is 14.3 Å². The summed E-state index contributed by atoms with van der Waals surface area (Å²) in [7, 11) is 0. The standard InChI is InChI=1S/C11H9NO5/c13-10(14)7-8(11(15)16)17-9(12-7)6-4-2-1-3-5-6/h1-5,7-8H,(H,13,14)(H,15,16)/t7-,8-/m0/s1. The second kappa shape index (κ2) is 4.25. The second-order valence-electron chi connectivity index (χ2n) is 3.46. The molecule has 17 heavy (non-hydrogen) atoms. The van der Waals surface area contributed by atoms with Crippen molar-refractivity contribution in [3.05, 3.63) is 35.9 Å². The lowest BCUT2D eigenvalue weighted by molar-refractivity contribution is -0.152. The molecule has 1 aromatic rings. The molecule has 2 N–H and O–H groups in total. The lowest BCUT2D eigenvalue weighted by Gasteiger charge is -2.09. The number of hydrogen-bond donors (Lipinski definition) is 2. The van der Waals surface area contributed by atoms with Gasteiger partial charge in [-0.15, -0.1) is 0 Å².